The lowest BCUT2D eigenvalue weighted by molar-refractivity contribution is -0.114. The summed E-state index contributed by atoms with van der Waals surface area (Å²) in [6, 6.07) is 12.2. The summed E-state index contributed by atoms with van der Waals surface area (Å²) in [5.41, 5.74) is 2.13. The predicted octanol–water partition coefficient (Wildman–Crippen LogP) is 4.76. The van der Waals surface area contributed by atoms with Crippen molar-refractivity contribution in [3.05, 3.63) is 52.5 Å². The third kappa shape index (κ3) is 4.87. The van der Waals surface area contributed by atoms with Crippen molar-refractivity contribution in [3.8, 4) is 0 Å². The second kappa shape index (κ2) is 7.45. The number of thiocarbonyl (C=S) groups is 1. The molecule has 3 N–H and O–H groups in total. The van der Waals surface area contributed by atoms with Gasteiger partial charge in [-0.15, -0.1) is 0 Å². The normalized spacial score (nSPS) is 9.95. The van der Waals surface area contributed by atoms with Gasteiger partial charge in [0, 0.05) is 23.3 Å². The Morgan fingerprint density at radius 2 is 1.55 bits per heavy atom. The van der Waals surface area contributed by atoms with E-state index in [1.54, 1.807) is 42.5 Å². The molecule has 0 atom stereocenters. The second-order valence-corrected chi connectivity index (χ2v) is 5.71. The zero-order valence-corrected chi connectivity index (χ0v) is 13.9. The largest absolute Gasteiger partial charge is 0.332 e. The van der Waals surface area contributed by atoms with Crippen LogP contribution in [-0.2, 0) is 4.79 Å². The number of benzene rings is 2. The fourth-order valence-corrected chi connectivity index (χ4v) is 2.28. The summed E-state index contributed by atoms with van der Waals surface area (Å²) in [5.74, 6) is -0.117. The molecule has 0 bridgehead atoms. The lowest BCUT2D eigenvalue weighted by atomic mass is 10.3. The molecular formula is C15H13Cl2N3OS. The summed E-state index contributed by atoms with van der Waals surface area (Å²) in [4.78, 5) is 11.0. The lowest BCUT2D eigenvalue weighted by Crippen LogP contribution is -2.19. The monoisotopic (exact) mass is 353 g/mol. The first-order valence-corrected chi connectivity index (χ1v) is 7.51. The van der Waals surface area contributed by atoms with E-state index in [0.29, 0.717) is 20.8 Å². The van der Waals surface area contributed by atoms with Crippen LogP contribution >= 0.6 is 35.4 Å². The van der Waals surface area contributed by atoms with Gasteiger partial charge < -0.3 is 16.0 Å². The molecule has 0 aliphatic heterocycles. The van der Waals surface area contributed by atoms with Crippen LogP contribution in [0.4, 0.5) is 17.1 Å². The molecule has 0 saturated heterocycles. The van der Waals surface area contributed by atoms with Crippen LogP contribution in [0.15, 0.2) is 42.5 Å². The Kier molecular flexibility index (Phi) is 5.60. The van der Waals surface area contributed by atoms with E-state index in [1.807, 2.05) is 0 Å². The average molecular weight is 354 g/mol. The van der Waals surface area contributed by atoms with Crippen molar-refractivity contribution in [3.63, 3.8) is 0 Å². The molecule has 0 aromatic heterocycles. The summed E-state index contributed by atoms with van der Waals surface area (Å²) in [5, 5.41) is 10.2. The predicted molar refractivity (Wildman–Crippen MR) is 97.1 cm³/mol. The first kappa shape index (κ1) is 16.5. The molecule has 4 nitrogen and oxygen atoms in total. The van der Waals surface area contributed by atoms with E-state index in [4.69, 9.17) is 35.4 Å². The zero-order valence-electron chi connectivity index (χ0n) is 11.6. The number of halogens is 2. The van der Waals surface area contributed by atoms with Gasteiger partial charge in [-0.1, -0.05) is 23.2 Å². The quantitative estimate of drug-likeness (QED) is 0.696. The number of nitrogens with one attached hydrogen (secondary N) is 3. The summed E-state index contributed by atoms with van der Waals surface area (Å²) >= 11 is 17.2. The Balaban J connectivity index is 1.99. The number of anilines is 3. The topological polar surface area (TPSA) is 53.2 Å². The van der Waals surface area contributed by atoms with Crippen molar-refractivity contribution in [1.82, 2.24) is 0 Å². The second-order valence-electron chi connectivity index (χ2n) is 4.46. The van der Waals surface area contributed by atoms with Crippen molar-refractivity contribution in [2.24, 2.45) is 0 Å². The van der Waals surface area contributed by atoms with Crippen LogP contribution in [0.5, 0.6) is 0 Å². The van der Waals surface area contributed by atoms with Crippen LogP contribution in [0.2, 0.25) is 10.0 Å². The minimum absolute atomic E-state index is 0.117. The van der Waals surface area contributed by atoms with Gasteiger partial charge in [-0.25, -0.2) is 0 Å². The number of amides is 1. The Labute approximate surface area is 143 Å². The van der Waals surface area contributed by atoms with Gasteiger partial charge in [0.2, 0.25) is 5.91 Å². The van der Waals surface area contributed by atoms with Gasteiger partial charge in [0.05, 0.1) is 10.7 Å². The Morgan fingerprint density at radius 1 is 0.955 bits per heavy atom. The maximum atomic E-state index is 11.0. The van der Waals surface area contributed by atoms with Crippen LogP contribution < -0.4 is 16.0 Å². The molecule has 2 aromatic carbocycles. The van der Waals surface area contributed by atoms with Crippen molar-refractivity contribution >= 4 is 63.5 Å². The van der Waals surface area contributed by atoms with E-state index in [9.17, 15) is 4.79 Å². The number of carbonyl (C=O) groups excluding carboxylic acids is 1. The Bertz CT molecular complexity index is 704. The zero-order chi connectivity index (χ0) is 16.1. The van der Waals surface area contributed by atoms with Crippen LogP contribution in [0, 0.1) is 0 Å². The molecule has 0 aliphatic carbocycles. The number of hydrogen-bond acceptors (Lipinski definition) is 2. The van der Waals surface area contributed by atoms with Crippen LogP contribution in [0.1, 0.15) is 6.92 Å². The molecule has 0 spiro atoms. The highest BCUT2D eigenvalue weighted by Crippen LogP contribution is 2.25. The molecule has 0 radical (unpaired) electrons. The molecule has 7 heteroatoms. The van der Waals surface area contributed by atoms with Crippen molar-refractivity contribution < 1.29 is 4.79 Å². The Hall–Kier alpha value is -1.82. The van der Waals surface area contributed by atoms with Gasteiger partial charge in [0.15, 0.2) is 5.11 Å². The highest BCUT2D eigenvalue weighted by molar-refractivity contribution is 7.80. The smallest absolute Gasteiger partial charge is 0.221 e. The molecule has 0 saturated carbocycles. The minimum Gasteiger partial charge on any atom is -0.332 e. The van der Waals surface area contributed by atoms with Crippen molar-refractivity contribution in [2.75, 3.05) is 16.0 Å². The van der Waals surface area contributed by atoms with E-state index in [-0.39, 0.29) is 5.91 Å². The Morgan fingerprint density at radius 3 is 2.14 bits per heavy atom. The standard InChI is InChI=1S/C15H13Cl2N3OS/c1-9(21)18-11-3-5-12(6-4-11)19-15(22)20-14-8-10(16)2-7-13(14)17/h2-8H,1H3,(H,18,21)(H2,19,20,22). The molecule has 22 heavy (non-hydrogen) atoms. The third-order valence-corrected chi connectivity index (χ3v) is 3.41. The van der Waals surface area contributed by atoms with Crippen LogP contribution in [-0.4, -0.2) is 11.0 Å². The number of rotatable bonds is 3. The first-order chi connectivity index (χ1) is 10.4. The molecule has 0 unspecified atom stereocenters. The summed E-state index contributed by atoms with van der Waals surface area (Å²) in [6.07, 6.45) is 0. The fourth-order valence-electron chi connectivity index (χ4n) is 1.72. The highest BCUT2D eigenvalue weighted by Gasteiger charge is 2.04. The van der Waals surface area contributed by atoms with Gasteiger partial charge in [-0.05, 0) is 54.7 Å². The van der Waals surface area contributed by atoms with Gasteiger partial charge in [-0.3, -0.25) is 4.79 Å². The molecule has 0 fully saturated rings. The summed E-state index contributed by atoms with van der Waals surface area (Å²) < 4.78 is 0. The minimum atomic E-state index is -0.117. The van der Waals surface area contributed by atoms with Gasteiger partial charge in [0.1, 0.15) is 0 Å². The van der Waals surface area contributed by atoms with Crippen LogP contribution in [0.3, 0.4) is 0 Å². The molecule has 0 heterocycles. The SMILES string of the molecule is CC(=O)Nc1ccc(NC(=S)Nc2cc(Cl)ccc2Cl)cc1. The maximum Gasteiger partial charge on any atom is 0.221 e. The highest BCUT2D eigenvalue weighted by atomic mass is 35.5. The summed E-state index contributed by atoms with van der Waals surface area (Å²) in [6.45, 7) is 1.46. The van der Waals surface area contributed by atoms with E-state index in [1.165, 1.54) is 6.92 Å². The molecular weight excluding hydrogens is 341 g/mol. The first-order valence-electron chi connectivity index (χ1n) is 6.35. The van der Waals surface area contributed by atoms with Gasteiger partial charge in [0.25, 0.3) is 0 Å². The van der Waals surface area contributed by atoms with E-state index in [0.717, 1.165) is 11.4 Å². The molecule has 2 aromatic rings. The van der Waals surface area contributed by atoms with Crippen molar-refractivity contribution in [2.45, 2.75) is 6.92 Å². The fraction of sp³-hybridized carbons (Fsp3) is 0.0667. The lowest BCUT2D eigenvalue weighted by Gasteiger charge is -2.12. The van der Waals surface area contributed by atoms with E-state index >= 15 is 0 Å². The van der Waals surface area contributed by atoms with E-state index < -0.39 is 0 Å². The molecule has 2 rings (SSSR count). The average Bonchev–Trinajstić information content (AvgIpc) is 2.44. The molecule has 1 amide bonds. The number of carbonyl (C=O) groups is 1. The van der Waals surface area contributed by atoms with Crippen LogP contribution in [0.25, 0.3) is 0 Å². The summed E-state index contributed by atoms with van der Waals surface area (Å²) in [7, 11) is 0. The van der Waals surface area contributed by atoms with Gasteiger partial charge in [-0.2, -0.15) is 0 Å². The molecule has 0 aliphatic rings. The maximum absolute atomic E-state index is 11.0. The number of hydrogen-bond donors (Lipinski definition) is 3. The van der Waals surface area contributed by atoms with Gasteiger partial charge >= 0.3 is 0 Å². The van der Waals surface area contributed by atoms with Crippen molar-refractivity contribution in [1.29, 1.82) is 0 Å². The third-order valence-electron chi connectivity index (χ3n) is 2.64. The molecule has 114 valence electrons. The van der Waals surface area contributed by atoms with E-state index in [2.05, 4.69) is 16.0 Å².